The van der Waals surface area contributed by atoms with Crippen molar-refractivity contribution in [1.82, 2.24) is 5.43 Å². The molecule has 10 nitrogen and oxygen atoms in total. The highest BCUT2D eigenvalue weighted by atomic mass is 35.5. The number of carbonyl (C=O) groups is 3. The second kappa shape index (κ2) is 9.26. The summed E-state index contributed by atoms with van der Waals surface area (Å²) in [6.07, 6.45) is 1.19. The molecule has 2 aromatic rings. The van der Waals surface area contributed by atoms with E-state index in [0.717, 1.165) is 11.1 Å². The maximum Gasteiger partial charge on any atom is 0.344 e. The number of nitrogens with zero attached hydrogens (tertiary/aromatic N) is 2. The number of benzene rings is 2. The summed E-state index contributed by atoms with van der Waals surface area (Å²) in [7, 11) is 0. The molecule has 160 valence electrons. The molecule has 0 bridgehead atoms. The predicted octanol–water partition coefficient (Wildman–Crippen LogP) is 2.65. The number of amides is 2. The van der Waals surface area contributed by atoms with E-state index in [9.17, 15) is 24.5 Å². The molecule has 0 radical (unpaired) electrons. The number of para-hydroxylation sites is 1. The number of hydrazine groups is 1. The van der Waals surface area contributed by atoms with Gasteiger partial charge in [0.05, 0.1) is 22.2 Å². The van der Waals surface area contributed by atoms with Gasteiger partial charge in [-0.3, -0.25) is 25.1 Å². The van der Waals surface area contributed by atoms with Gasteiger partial charge in [-0.2, -0.15) is 0 Å². The van der Waals surface area contributed by atoms with Gasteiger partial charge in [0.2, 0.25) is 5.75 Å². The number of carbonyl (C=O) groups excluding carboxylic acids is 3. The van der Waals surface area contributed by atoms with Crippen molar-refractivity contribution in [3.8, 4) is 5.75 Å². The number of rotatable bonds is 7. The molecular formula is C20H16ClN3O7. The van der Waals surface area contributed by atoms with Gasteiger partial charge in [-0.05, 0) is 36.8 Å². The minimum Gasteiger partial charge on any atom is -0.474 e. The largest absolute Gasteiger partial charge is 0.474 e. The summed E-state index contributed by atoms with van der Waals surface area (Å²) in [6.45, 7) is 1.16. The first-order chi connectivity index (χ1) is 14.8. The van der Waals surface area contributed by atoms with Gasteiger partial charge < -0.3 is 9.47 Å². The van der Waals surface area contributed by atoms with Crippen molar-refractivity contribution in [3.05, 3.63) is 68.7 Å². The number of anilines is 1. The number of ether oxygens (including phenoxy) is 2. The minimum absolute atomic E-state index is 0.126. The molecule has 31 heavy (non-hydrogen) atoms. The van der Waals surface area contributed by atoms with Gasteiger partial charge in [0.15, 0.2) is 6.61 Å². The van der Waals surface area contributed by atoms with E-state index in [1.165, 1.54) is 12.1 Å². The molecule has 1 saturated heterocycles. The lowest BCUT2D eigenvalue weighted by molar-refractivity contribution is -0.385. The van der Waals surface area contributed by atoms with E-state index in [2.05, 4.69) is 5.43 Å². The second-order valence-electron chi connectivity index (χ2n) is 6.18. The molecule has 0 aromatic heterocycles. The van der Waals surface area contributed by atoms with Gasteiger partial charge in [-0.25, -0.2) is 9.80 Å². The van der Waals surface area contributed by atoms with Gasteiger partial charge in [-0.15, -0.1) is 0 Å². The quantitative estimate of drug-likeness (QED) is 0.228. The van der Waals surface area contributed by atoms with Crippen LogP contribution in [0.2, 0.25) is 5.02 Å². The van der Waals surface area contributed by atoms with Crippen LogP contribution in [0.3, 0.4) is 0 Å². The summed E-state index contributed by atoms with van der Waals surface area (Å²) in [5.41, 5.74) is 2.26. The highest BCUT2D eigenvalue weighted by Crippen LogP contribution is 2.37. The van der Waals surface area contributed by atoms with Crippen molar-refractivity contribution >= 4 is 46.8 Å². The molecule has 0 aliphatic carbocycles. The Balaban J connectivity index is 1.91. The minimum atomic E-state index is -0.749. The lowest BCUT2D eigenvalue weighted by Gasteiger charge is -2.13. The Hall–Kier alpha value is -3.92. The third-order valence-corrected chi connectivity index (χ3v) is 4.38. The summed E-state index contributed by atoms with van der Waals surface area (Å²) >= 11 is 6.12. The van der Waals surface area contributed by atoms with Crippen LogP contribution in [0.5, 0.6) is 5.75 Å². The van der Waals surface area contributed by atoms with Gasteiger partial charge in [-0.1, -0.05) is 29.8 Å². The van der Waals surface area contributed by atoms with E-state index in [0.29, 0.717) is 5.69 Å². The van der Waals surface area contributed by atoms with Crippen molar-refractivity contribution in [1.29, 1.82) is 0 Å². The fraction of sp³-hybridized carbons (Fsp3) is 0.150. The molecule has 1 aliphatic heterocycles. The smallest absolute Gasteiger partial charge is 0.344 e. The van der Waals surface area contributed by atoms with Crippen molar-refractivity contribution in [2.24, 2.45) is 0 Å². The van der Waals surface area contributed by atoms with E-state index in [1.54, 1.807) is 37.3 Å². The highest BCUT2D eigenvalue weighted by Gasteiger charge is 2.34. The van der Waals surface area contributed by atoms with E-state index in [-0.39, 0.29) is 28.5 Å². The number of nitro groups is 1. The van der Waals surface area contributed by atoms with Crippen molar-refractivity contribution in [3.63, 3.8) is 0 Å². The fourth-order valence-electron chi connectivity index (χ4n) is 2.78. The molecule has 1 N–H and O–H groups in total. The lowest BCUT2D eigenvalue weighted by Crippen LogP contribution is -2.35. The van der Waals surface area contributed by atoms with Gasteiger partial charge >= 0.3 is 11.7 Å². The normalized spacial score (nSPS) is 14.5. The van der Waals surface area contributed by atoms with Crippen LogP contribution >= 0.6 is 11.6 Å². The van der Waals surface area contributed by atoms with Crippen molar-refractivity contribution in [2.45, 2.75) is 6.92 Å². The highest BCUT2D eigenvalue weighted by molar-refractivity contribution is 6.33. The second-order valence-corrected chi connectivity index (χ2v) is 6.58. The number of hydrogen-bond donors (Lipinski definition) is 1. The summed E-state index contributed by atoms with van der Waals surface area (Å²) in [6, 6.07) is 10.8. The van der Waals surface area contributed by atoms with Crippen LogP contribution in [-0.4, -0.2) is 35.9 Å². The summed E-state index contributed by atoms with van der Waals surface area (Å²) in [5, 5.41) is 12.4. The SMILES string of the molecule is CCOC(=O)COc1c(Cl)cc(C=C2C(=O)NN(c3ccccc3)C2=O)cc1[N+](=O)[O-]. The molecule has 0 saturated carbocycles. The zero-order chi connectivity index (χ0) is 22.5. The molecule has 0 spiro atoms. The van der Waals surface area contributed by atoms with Gasteiger partial charge in [0, 0.05) is 6.07 Å². The maximum atomic E-state index is 12.7. The van der Waals surface area contributed by atoms with Gasteiger partial charge in [0.1, 0.15) is 5.57 Å². The predicted molar refractivity (Wildman–Crippen MR) is 110 cm³/mol. The standard InChI is InChI=1S/C20H16ClN3O7/c1-2-30-17(25)11-31-18-15(21)9-12(10-16(18)24(28)29)8-14-19(26)22-23(20(14)27)13-6-4-3-5-7-13/h3-10H,2,11H2,1H3,(H,22,26). The lowest BCUT2D eigenvalue weighted by atomic mass is 10.1. The molecular weight excluding hydrogens is 430 g/mol. The first-order valence-corrected chi connectivity index (χ1v) is 9.38. The fourth-order valence-corrected chi connectivity index (χ4v) is 3.06. The van der Waals surface area contributed by atoms with Crippen LogP contribution in [0.4, 0.5) is 11.4 Å². The van der Waals surface area contributed by atoms with Crippen molar-refractivity contribution < 1.29 is 28.8 Å². The molecule has 1 aliphatic rings. The molecule has 0 atom stereocenters. The Bertz CT molecular complexity index is 1090. The number of nitro benzene ring substituents is 1. The number of esters is 1. The van der Waals surface area contributed by atoms with Gasteiger partial charge in [0.25, 0.3) is 11.8 Å². The molecule has 11 heteroatoms. The third kappa shape index (κ3) is 4.81. The molecule has 0 unspecified atom stereocenters. The average Bonchev–Trinajstić information content (AvgIpc) is 3.01. The zero-order valence-electron chi connectivity index (χ0n) is 16.2. The molecule has 1 heterocycles. The first kappa shape index (κ1) is 21.8. The van der Waals surface area contributed by atoms with Crippen LogP contribution in [0, 0.1) is 10.1 Å². The number of nitrogens with one attached hydrogen (secondary N) is 1. The maximum absolute atomic E-state index is 12.7. The first-order valence-electron chi connectivity index (χ1n) is 9.00. The van der Waals surface area contributed by atoms with E-state index in [4.69, 9.17) is 21.1 Å². The Morgan fingerprint density at radius 2 is 1.97 bits per heavy atom. The monoisotopic (exact) mass is 445 g/mol. The molecule has 2 amide bonds. The van der Waals surface area contributed by atoms with Crippen LogP contribution in [0.15, 0.2) is 48.0 Å². The van der Waals surface area contributed by atoms with Crippen LogP contribution < -0.4 is 15.2 Å². The Labute approximate surface area is 181 Å². The summed E-state index contributed by atoms with van der Waals surface area (Å²) in [5.74, 6) is -2.34. The Morgan fingerprint density at radius 3 is 2.61 bits per heavy atom. The average molecular weight is 446 g/mol. The van der Waals surface area contributed by atoms with Crippen LogP contribution in [0.1, 0.15) is 12.5 Å². The molecule has 3 rings (SSSR count). The molecule has 1 fully saturated rings. The Kier molecular flexibility index (Phi) is 6.51. The summed E-state index contributed by atoms with van der Waals surface area (Å²) < 4.78 is 9.88. The Morgan fingerprint density at radius 1 is 1.26 bits per heavy atom. The van der Waals surface area contributed by atoms with Crippen LogP contribution in [-0.2, 0) is 19.1 Å². The zero-order valence-corrected chi connectivity index (χ0v) is 16.9. The summed E-state index contributed by atoms with van der Waals surface area (Å²) in [4.78, 5) is 47.2. The van der Waals surface area contributed by atoms with Crippen LogP contribution in [0.25, 0.3) is 6.08 Å². The number of hydrogen-bond acceptors (Lipinski definition) is 7. The third-order valence-electron chi connectivity index (χ3n) is 4.10. The van der Waals surface area contributed by atoms with Crippen molar-refractivity contribution in [2.75, 3.05) is 18.2 Å². The number of halogens is 1. The topological polar surface area (TPSA) is 128 Å². The van der Waals surface area contributed by atoms with E-state index in [1.807, 2.05) is 0 Å². The van der Waals surface area contributed by atoms with E-state index >= 15 is 0 Å². The molecule has 2 aromatic carbocycles. The van der Waals surface area contributed by atoms with E-state index < -0.39 is 35.0 Å².